The van der Waals surface area contributed by atoms with E-state index in [1.54, 1.807) is 30.6 Å². The maximum atomic E-state index is 12.7. The topological polar surface area (TPSA) is 59.1 Å². The van der Waals surface area contributed by atoms with Crippen molar-refractivity contribution in [2.24, 2.45) is 0 Å². The highest BCUT2D eigenvalue weighted by atomic mass is 32.2. The Bertz CT molecular complexity index is 879. The molecule has 0 unspecified atom stereocenters. The maximum absolute atomic E-state index is 12.7. The van der Waals surface area contributed by atoms with Crippen LogP contribution in [0, 0.1) is 0 Å². The first kappa shape index (κ1) is 15.4. The lowest BCUT2D eigenvalue weighted by Crippen LogP contribution is -2.23. The molecule has 0 spiro atoms. The predicted octanol–water partition coefficient (Wildman–Crippen LogP) is 3.23. The molecule has 0 aliphatic carbocycles. The minimum Gasteiger partial charge on any atom is -0.264 e. The van der Waals surface area contributed by atoms with Crippen molar-refractivity contribution >= 4 is 10.0 Å². The highest BCUT2D eigenvalue weighted by molar-refractivity contribution is 7.89. The van der Waals surface area contributed by atoms with Gasteiger partial charge in [0, 0.05) is 24.5 Å². The van der Waals surface area contributed by atoms with Crippen LogP contribution in [-0.4, -0.2) is 13.4 Å². The maximum Gasteiger partial charge on any atom is 0.241 e. The summed E-state index contributed by atoms with van der Waals surface area (Å²) in [6, 6.07) is 20.1. The van der Waals surface area contributed by atoms with Crippen molar-refractivity contribution in [1.29, 1.82) is 0 Å². The van der Waals surface area contributed by atoms with Crippen LogP contribution in [0.25, 0.3) is 11.1 Å². The molecule has 0 atom stereocenters. The van der Waals surface area contributed by atoms with Crippen LogP contribution >= 0.6 is 0 Å². The molecule has 0 aliphatic heterocycles. The summed E-state index contributed by atoms with van der Waals surface area (Å²) in [5.41, 5.74) is 2.37. The van der Waals surface area contributed by atoms with Crippen molar-refractivity contribution in [1.82, 2.24) is 9.71 Å². The highest BCUT2D eigenvalue weighted by Gasteiger charge is 2.18. The molecule has 0 aliphatic rings. The number of benzene rings is 2. The molecule has 3 aromatic rings. The Balaban J connectivity index is 1.92. The van der Waals surface area contributed by atoms with Crippen LogP contribution in [0.4, 0.5) is 0 Å². The van der Waals surface area contributed by atoms with E-state index in [4.69, 9.17) is 0 Å². The van der Waals surface area contributed by atoms with Crippen LogP contribution in [0.1, 0.15) is 5.56 Å². The standard InChI is InChI=1S/C18H16N2O2S/c21-23(22,20-14-15-7-6-12-19-13-15)18-11-5-4-10-17(18)16-8-2-1-3-9-16/h1-13,20H,14H2. The molecular formula is C18H16N2O2S. The molecule has 0 amide bonds. The van der Waals surface area contributed by atoms with Gasteiger partial charge in [-0.15, -0.1) is 0 Å². The summed E-state index contributed by atoms with van der Waals surface area (Å²) in [5.74, 6) is 0. The van der Waals surface area contributed by atoms with Gasteiger partial charge in [-0.2, -0.15) is 0 Å². The summed E-state index contributed by atoms with van der Waals surface area (Å²) in [4.78, 5) is 4.26. The summed E-state index contributed by atoms with van der Waals surface area (Å²) in [5, 5.41) is 0. The van der Waals surface area contributed by atoms with Gasteiger partial charge in [0.25, 0.3) is 0 Å². The predicted molar refractivity (Wildman–Crippen MR) is 90.1 cm³/mol. The number of aromatic nitrogens is 1. The summed E-state index contributed by atoms with van der Waals surface area (Å²) in [7, 11) is -3.62. The Morgan fingerprint density at radius 3 is 2.35 bits per heavy atom. The second-order valence-electron chi connectivity index (χ2n) is 5.05. The molecule has 0 bridgehead atoms. The van der Waals surface area contributed by atoms with Gasteiger partial charge < -0.3 is 0 Å². The fourth-order valence-electron chi connectivity index (χ4n) is 2.32. The van der Waals surface area contributed by atoms with Crippen LogP contribution in [0.2, 0.25) is 0 Å². The van der Waals surface area contributed by atoms with E-state index in [-0.39, 0.29) is 11.4 Å². The molecule has 0 radical (unpaired) electrons. The molecule has 4 nitrogen and oxygen atoms in total. The Labute approximate surface area is 135 Å². The van der Waals surface area contributed by atoms with Gasteiger partial charge in [0.15, 0.2) is 0 Å². The van der Waals surface area contributed by atoms with Gasteiger partial charge in [-0.1, -0.05) is 54.6 Å². The SMILES string of the molecule is O=S(=O)(NCc1cccnc1)c1ccccc1-c1ccccc1. The van der Waals surface area contributed by atoms with Crippen LogP contribution < -0.4 is 4.72 Å². The van der Waals surface area contributed by atoms with E-state index in [0.717, 1.165) is 11.1 Å². The van der Waals surface area contributed by atoms with E-state index in [9.17, 15) is 8.42 Å². The summed E-state index contributed by atoms with van der Waals surface area (Å²) in [6.07, 6.45) is 3.30. The third-order valence-corrected chi connectivity index (χ3v) is 4.91. The zero-order valence-corrected chi connectivity index (χ0v) is 13.2. The van der Waals surface area contributed by atoms with Crippen LogP contribution in [0.5, 0.6) is 0 Å². The third-order valence-electron chi connectivity index (χ3n) is 3.45. The highest BCUT2D eigenvalue weighted by Crippen LogP contribution is 2.26. The second-order valence-corrected chi connectivity index (χ2v) is 6.78. The fraction of sp³-hybridized carbons (Fsp3) is 0.0556. The number of hydrogen-bond acceptors (Lipinski definition) is 3. The molecule has 1 heterocycles. The molecule has 1 N–H and O–H groups in total. The van der Waals surface area contributed by atoms with Crippen LogP contribution in [0.15, 0.2) is 84.0 Å². The van der Waals surface area contributed by atoms with E-state index < -0.39 is 10.0 Å². The molecule has 3 rings (SSSR count). The monoisotopic (exact) mass is 324 g/mol. The lowest BCUT2D eigenvalue weighted by Gasteiger charge is -2.11. The summed E-state index contributed by atoms with van der Waals surface area (Å²) < 4.78 is 28.0. The van der Waals surface area contributed by atoms with Gasteiger partial charge in [0.05, 0.1) is 4.90 Å². The van der Waals surface area contributed by atoms with Gasteiger partial charge in [-0.3, -0.25) is 4.98 Å². The van der Waals surface area contributed by atoms with Crippen molar-refractivity contribution in [3.63, 3.8) is 0 Å². The lowest BCUT2D eigenvalue weighted by molar-refractivity contribution is 0.581. The summed E-state index contributed by atoms with van der Waals surface area (Å²) >= 11 is 0. The van der Waals surface area contributed by atoms with E-state index in [0.29, 0.717) is 5.56 Å². The molecule has 0 saturated carbocycles. The van der Waals surface area contributed by atoms with E-state index in [1.165, 1.54) is 0 Å². The molecule has 5 heteroatoms. The molecule has 23 heavy (non-hydrogen) atoms. The van der Waals surface area contributed by atoms with Crippen LogP contribution in [-0.2, 0) is 16.6 Å². The Morgan fingerprint density at radius 1 is 0.870 bits per heavy atom. The quantitative estimate of drug-likeness (QED) is 0.784. The van der Waals surface area contributed by atoms with Gasteiger partial charge in [-0.25, -0.2) is 13.1 Å². The lowest BCUT2D eigenvalue weighted by atomic mass is 10.1. The number of nitrogens with zero attached hydrogens (tertiary/aromatic N) is 1. The second kappa shape index (κ2) is 6.73. The van der Waals surface area contributed by atoms with Crippen LogP contribution in [0.3, 0.4) is 0 Å². The normalized spacial score (nSPS) is 11.3. The first-order valence-corrected chi connectivity index (χ1v) is 8.68. The zero-order valence-electron chi connectivity index (χ0n) is 12.4. The molecule has 2 aromatic carbocycles. The number of pyridine rings is 1. The van der Waals surface area contributed by atoms with E-state index in [2.05, 4.69) is 9.71 Å². The zero-order chi connectivity index (χ0) is 16.1. The Hall–Kier alpha value is -2.50. The smallest absolute Gasteiger partial charge is 0.241 e. The first-order chi connectivity index (χ1) is 11.2. The van der Waals surface area contributed by atoms with Gasteiger partial charge in [-0.05, 0) is 23.3 Å². The number of hydrogen-bond donors (Lipinski definition) is 1. The third kappa shape index (κ3) is 3.64. The van der Waals surface area contributed by atoms with Crippen molar-refractivity contribution < 1.29 is 8.42 Å². The number of rotatable bonds is 5. The molecule has 116 valence electrons. The van der Waals surface area contributed by atoms with Gasteiger partial charge in [0.2, 0.25) is 10.0 Å². The molecule has 0 fully saturated rings. The van der Waals surface area contributed by atoms with Gasteiger partial charge in [0.1, 0.15) is 0 Å². The van der Waals surface area contributed by atoms with Crippen molar-refractivity contribution in [3.8, 4) is 11.1 Å². The average Bonchev–Trinajstić information content (AvgIpc) is 2.62. The van der Waals surface area contributed by atoms with Crippen molar-refractivity contribution in [2.75, 3.05) is 0 Å². The number of sulfonamides is 1. The minimum atomic E-state index is -3.62. The fourth-order valence-corrected chi connectivity index (χ4v) is 3.56. The Morgan fingerprint density at radius 2 is 1.61 bits per heavy atom. The largest absolute Gasteiger partial charge is 0.264 e. The van der Waals surface area contributed by atoms with Crippen molar-refractivity contribution in [2.45, 2.75) is 11.4 Å². The minimum absolute atomic E-state index is 0.208. The molecular weight excluding hydrogens is 308 g/mol. The first-order valence-electron chi connectivity index (χ1n) is 7.20. The average molecular weight is 324 g/mol. The molecule has 0 saturated heterocycles. The van der Waals surface area contributed by atoms with E-state index >= 15 is 0 Å². The van der Waals surface area contributed by atoms with E-state index in [1.807, 2.05) is 48.5 Å². The van der Waals surface area contributed by atoms with Gasteiger partial charge >= 0.3 is 0 Å². The molecule has 1 aromatic heterocycles. The number of nitrogens with one attached hydrogen (secondary N) is 1. The van der Waals surface area contributed by atoms with Crippen molar-refractivity contribution in [3.05, 3.63) is 84.7 Å². The Kier molecular flexibility index (Phi) is 4.50. The summed E-state index contributed by atoms with van der Waals surface area (Å²) in [6.45, 7) is 0.208.